The highest BCUT2D eigenvalue weighted by atomic mass is 32.2. The van der Waals surface area contributed by atoms with E-state index >= 15 is 0 Å². The molecule has 0 radical (unpaired) electrons. The second kappa shape index (κ2) is 8.94. The molecule has 1 saturated heterocycles. The average Bonchev–Trinajstić information content (AvgIpc) is 2.82. The fourth-order valence-electron chi connectivity index (χ4n) is 4.30. The standard InChI is InChI=1S/C25H24N2O5S/c1-31-17-9-7-16(8-10-17)14-32-25(30)22-18-11-12-19(18)33-24-21(23(29)27(22)24)26-20(28)13-15-5-3-2-4-6-15/h2-10,19,21,24H,11-14H2,1H3,(H,26,28)/t19-,21+,24+/m0/s1. The topological polar surface area (TPSA) is 84.9 Å². The predicted octanol–water partition coefficient (Wildman–Crippen LogP) is 2.80. The van der Waals surface area contributed by atoms with Crippen molar-refractivity contribution >= 4 is 29.5 Å². The van der Waals surface area contributed by atoms with Gasteiger partial charge in [0.2, 0.25) is 5.91 Å². The van der Waals surface area contributed by atoms with Gasteiger partial charge < -0.3 is 14.8 Å². The number of fused-ring (bicyclic) bond motifs is 2. The molecule has 7 nitrogen and oxygen atoms in total. The smallest absolute Gasteiger partial charge is 0.355 e. The summed E-state index contributed by atoms with van der Waals surface area (Å²) in [6.45, 7) is 0.112. The van der Waals surface area contributed by atoms with Crippen molar-refractivity contribution < 1.29 is 23.9 Å². The Kier molecular flexibility index (Phi) is 5.85. The Bertz CT molecular complexity index is 1120. The van der Waals surface area contributed by atoms with Gasteiger partial charge in [-0.05, 0) is 41.7 Å². The molecule has 1 saturated carbocycles. The summed E-state index contributed by atoms with van der Waals surface area (Å²) < 4.78 is 10.7. The van der Waals surface area contributed by atoms with E-state index in [4.69, 9.17) is 9.47 Å². The van der Waals surface area contributed by atoms with Gasteiger partial charge in [-0.2, -0.15) is 0 Å². The van der Waals surface area contributed by atoms with Crippen LogP contribution in [0.3, 0.4) is 0 Å². The molecule has 170 valence electrons. The minimum absolute atomic E-state index is 0.112. The maximum Gasteiger partial charge on any atom is 0.355 e. The van der Waals surface area contributed by atoms with E-state index in [1.165, 1.54) is 4.90 Å². The highest BCUT2D eigenvalue weighted by Crippen LogP contribution is 2.51. The molecule has 0 unspecified atom stereocenters. The van der Waals surface area contributed by atoms with Crippen molar-refractivity contribution in [1.29, 1.82) is 0 Å². The first-order valence-corrected chi connectivity index (χ1v) is 11.8. The van der Waals surface area contributed by atoms with E-state index in [9.17, 15) is 14.4 Å². The van der Waals surface area contributed by atoms with Gasteiger partial charge in [0.05, 0.1) is 13.5 Å². The molecule has 1 aliphatic carbocycles. The van der Waals surface area contributed by atoms with Gasteiger partial charge in [0, 0.05) is 5.25 Å². The number of esters is 1. The molecule has 2 aromatic rings. The summed E-state index contributed by atoms with van der Waals surface area (Å²) in [6, 6.07) is 16.1. The van der Waals surface area contributed by atoms with E-state index in [1.54, 1.807) is 18.9 Å². The van der Waals surface area contributed by atoms with E-state index in [0.717, 1.165) is 35.3 Å². The van der Waals surface area contributed by atoms with Crippen molar-refractivity contribution in [3.63, 3.8) is 0 Å². The third-order valence-corrected chi connectivity index (χ3v) is 7.81. The lowest BCUT2D eigenvalue weighted by molar-refractivity contribution is -0.153. The first-order valence-electron chi connectivity index (χ1n) is 10.9. The first kappa shape index (κ1) is 21.6. The maximum atomic E-state index is 13.0. The Morgan fingerprint density at radius 2 is 1.85 bits per heavy atom. The monoisotopic (exact) mass is 464 g/mol. The molecule has 0 spiro atoms. The second-order valence-corrected chi connectivity index (χ2v) is 9.59. The molecule has 2 aromatic carbocycles. The van der Waals surface area contributed by atoms with Gasteiger partial charge in [-0.15, -0.1) is 11.8 Å². The number of carbonyl (C=O) groups excluding carboxylic acids is 3. The zero-order valence-corrected chi connectivity index (χ0v) is 19.0. The van der Waals surface area contributed by atoms with Crippen LogP contribution >= 0.6 is 11.8 Å². The number of carbonyl (C=O) groups is 3. The third-order valence-electron chi connectivity index (χ3n) is 6.20. The summed E-state index contributed by atoms with van der Waals surface area (Å²) in [5, 5.41) is 2.77. The van der Waals surface area contributed by atoms with Gasteiger partial charge in [0.1, 0.15) is 29.5 Å². The molecule has 3 aliphatic rings. The van der Waals surface area contributed by atoms with E-state index in [0.29, 0.717) is 5.70 Å². The molecule has 1 N–H and O–H groups in total. The van der Waals surface area contributed by atoms with E-state index < -0.39 is 12.0 Å². The SMILES string of the molecule is COc1ccc(COC(=O)C2=C3CC[C@@H]3S[C@@H]3[C@H](NC(=O)Cc4ccccc4)C(=O)N23)cc1. The molecule has 5 rings (SSSR count). The number of ether oxygens (including phenoxy) is 2. The number of benzene rings is 2. The molecular formula is C25H24N2O5S. The Balaban J connectivity index is 1.25. The molecule has 8 heteroatoms. The largest absolute Gasteiger partial charge is 0.497 e. The number of nitrogens with zero attached hydrogens (tertiary/aromatic N) is 1. The van der Waals surface area contributed by atoms with Crippen LogP contribution in [-0.2, 0) is 32.1 Å². The fraction of sp³-hybridized carbons (Fsp3) is 0.320. The third kappa shape index (κ3) is 4.11. The zero-order chi connectivity index (χ0) is 22.9. The summed E-state index contributed by atoms with van der Waals surface area (Å²) in [4.78, 5) is 40.0. The molecule has 2 aliphatic heterocycles. The van der Waals surface area contributed by atoms with Gasteiger partial charge in [-0.1, -0.05) is 42.5 Å². The highest BCUT2D eigenvalue weighted by Gasteiger charge is 2.57. The van der Waals surface area contributed by atoms with Gasteiger partial charge in [-0.25, -0.2) is 4.79 Å². The minimum Gasteiger partial charge on any atom is -0.497 e. The molecule has 3 atom stereocenters. The molecule has 33 heavy (non-hydrogen) atoms. The van der Waals surface area contributed by atoms with Crippen LogP contribution in [0.2, 0.25) is 0 Å². The van der Waals surface area contributed by atoms with Gasteiger partial charge >= 0.3 is 5.97 Å². The lowest BCUT2D eigenvalue weighted by Gasteiger charge is -2.54. The Labute approximate surface area is 196 Å². The molecule has 2 fully saturated rings. The number of β-lactam (4-membered cyclic amide) rings is 1. The Morgan fingerprint density at radius 1 is 1.09 bits per heavy atom. The number of nitrogens with one attached hydrogen (secondary N) is 1. The summed E-state index contributed by atoms with van der Waals surface area (Å²) in [5.74, 6) is -0.223. The number of rotatable bonds is 7. The minimum atomic E-state index is -0.627. The second-order valence-electron chi connectivity index (χ2n) is 8.27. The number of amides is 2. The van der Waals surface area contributed by atoms with Crippen molar-refractivity contribution in [3.05, 3.63) is 77.0 Å². The quantitative estimate of drug-likeness (QED) is 0.501. The lowest BCUT2D eigenvalue weighted by Crippen LogP contribution is -2.71. The summed E-state index contributed by atoms with van der Waals surface area (Å²) in [5.41, 5.74) is 3.06. The van der Waals surface area contributed by atoms with Crippen molar-refractivity contribution in [1.82, 2.24) is 10.2 Å². The van der Waals surface area contributed by atoms with E-state index in [1.807, 2.05) is 54.6 Å². The van der Waals surface area contributed by atoms with Crippen LogP contribution in [0, 0.1) is 0 Å². The Morgan fingerprint density at radius 3 is 2.52 bits per heavy atom. The summed E-state index contributed by atoms with van der Waals surface area (Å²) in [6.07, 6.45) is 1.95. The molecular weight excluding hydrogens is 440 g/mol. The van der Waals surface area contributed by atoms with E-state index in [2.05, 4.69) is 5.32 Å². The van der Waals surface area contributed by atoms with Crippen LogP contribution in [0.1, 0.15) is 24.0 Å². The van der Waals surface area contributed by atoms with Crippen LogP contribution in [0.15, 0.2) is 65.9 Å². The molecule has 2 amide bonds. The molecule has 2 heterocycles. The first-order chi connectivity index (χ1) is 16.0. The highest BCUT2D eigenvalue weighted by molar-refractivity contribution is 8.01. The molecule has 0 bridgehead atoms. The number of hydrogen-bond donors (Lipinski definition) is 1. The summed E-state index contributed by atoms with van der Waals surface area (Å²) in [7, 11) is 1.59. The zero-order valence-electron chi connectivity index (χ0n) is 18.2. The number of thioether (sulfide) groups is 1. The normalized spacial score (nSPS) is 23.0. The van der Waals surface area contributed by atoms with Crippen LogP contribution in [0.5, 0.6) is 5.75 Å². The lowest BCUT2D eigenvalue weighted by atomic mass is 9.87. The Hall–Kier alpha value is -3.26. The fourth-order valence-corrected chi connectivity index (χ4v) is 5.96. The maximum absolute atomic E-state index is 13.0. The van der Waals surface area contributed by atoms with Crippen LogP contribution < -0.4 is 10.1 Å². The van der Waals surface area contributed by atoms with Crippen molar-refractivity contribution in [2.24, 2.45) is 0 Å². The van der Waals surface area contributed by atoms with Crippen molar-refractivity contribution in [2.45, 2.75) is 42.5 Å². The van der Waals surface area contributed by atoms with Crippen molar-refractivity contribution in [2.75, 3.05) is 7.11 Å². The van der Waals surface area contributed by atoms with Gasteiger partial charge in [0.15, 0.2) is 0 Å². The number of methoxy groups -OCH3 is 1. The van der Waals surface area contributed by atoms with Crippen LogP contribution in [0.4, 0.5) is 0 Å². The van der Waals surface area contributed by atoms with Gasteiger partial charge in [-0.3, -0.25) is 14.5 Å². The van der Waals surface area contributed by atoms with Crippen molar-refractivity contribution in [3.8, 4) is 5.75 Å². The van der Waals surface area contributed by atoms with Crippen LogP contribution in [-0.4, -0.2) is 46.5 Å². The van der Waals surface area contributed by atoms with Gasteiger partial charge in [0.25, 0.3) is 5.91 Å². The predicted molar refractivity (Wildman–Crippen MR) is 123 cm³/mol. The van der Waals surface area contributed by atoms with Crippen LogP contribution in [0.25, 0.3) is 0 Å². The number of hydrogen-bond acceptors (Lipinski definition) is 6. The molecule has 0 aromatic heterocycles. The van der Waals surface area contributed by atoms with E-state index in [-0.39, 0.29) is 35.5 Å². The average molecular weight is 465 g/mol. The summed E-state index contributed by atoms with van der Waals surface area (Å²) >= 11 is 1.64.